The largest absolute Gasteiger partial charge is 0.481 e. The number of hydrogen-bond acceptors (Lipinski definition) is 9. The van der Waals surface area contributed by atoms with Crippen LogP contribution in [0.4, 0.5) is 0 Å². The van der Waals surface area contributed by atoms with Gasteiger partial charge >= 0.3 is 5.97 Å². The molecule has 0 aromatic rings. The molecule has 0 fully saturated rings. The maximum atomic E-state index is 10.9. The van der Waals surface area contributed by atoms with E-state index in [1.54, 1.807) is 0 Å². The Hall–Kier alpha value is -4.24. The second-order valence-corrected chi connectivity index (χ2v) is 6.60. The zero-order valence-electron chi connectivity index (χ0n) is 24.8. The van der Waals surface area contributed by atoms with E-state index in [0.29, 0.717) is 13.0 Å². The van der Waals surface area contributed by atoms with Gasteiger partial charge in [0.1, 0.15) is 0 Å². The van der Waals surface area contributed by atoms with E-state index in [2.05, 4.69) is 6.92 Å². The van der Waals surface area contributed by atoms with Crippen molar-refractivity contribution in [3.63, 3.8) is 0 Å². The molecule has 16 nitrogen and oxygen atoms in total. The van der Waals surface area contributed by atoms with Crippen LogP contribution in [0.15, 0.2) is 0 Å². The van der Waals surface area contributed by atoms with Crippen LogP contribution in [0.1, 0.15) is 101 Å². The van der Waals surface area contributed by atoms with Crippen molar-refractivity contribution in [3.8, 4) is 0 Å². The van der Waals surface area contributed by atoms with Crippen molar-refractivity contribution < 1.29 is 78.8 Å². The SMILES string of the molecule is CC(=O)O.CC(=O)O.CC(=O)O.CC(=O)O.CC(=O)O.CC(=O)O.CC(=O)O.CCCCCCCC(=O)OCC. The average Bonchev–Trinajstić information content (AvgIpc) is 2.65. The van der Waals surface area contributed by atoms with E-state index in [-0.39, 0.29) is 5.97 Å². The van der Waals surface area contributed by atoms with Crippen molar-refractivity contribution in [2.24, 2.45) is 0 Å². The van der Waals surface area contributed by atoms with E-state index in [1.165, 1.54) is 19.3 Å². The fourth-order valence-corrected chi connectivity index (χ4v) is 1.11. The van der Waals surface area contributed by atoms with Crippen molar-refractivity contribution in [2.45, 2.75) is 101 Å². The number of esters is 1. The Morgan fingerprint density at radius 1 is 0.425 bits per heavy atom. The number of rotatable bonds is 7. The number of aliphatic carboxylic acids is 7. The first kappa shape index (κ1) is 56.1. The minimum Gasteiger partial charge on any atom is -0.481 e. The second kappa shape index (κ2) is 51.4. The molecule has 0 aromatic carbocycles. The van der Waals surface area contributed by atoms with Gasteiger partial charge in [-0.1, -0.05) is 32.6 Å². The number of ether oxygens (including phenoxy) is 1. The van der Waals surface area contributed by atoms with Gasteiger partial charge in [-0.25, -0.2) is 0 Å². The quantitative estimate of drug-likeness (QED) is 0.164. The van der Waals surface area contributed by atoms with Gasteiger partial charge in [-0.3, -0.25) is 38.4 Å². The molecule has 0 amide bonds. The van der Waals surface area contributed by atoms with Gasteiger partial charge in [0.2, 0.25) is 0 Å². The molecule has 0 aliphatic rings. The van der Waals surface area contributed by atoms with Crippen molar-refractivity contribution >= 4 is 47.8 Å². The van der Waals surface area contributed by atoms with Crippen molar-refractivity contribution in [1.29, 1.82) is 0 Å². The third-order valence-electron chi connectivity index (χ3n) is 1.79. The Morgan fingerprint density at radius 2 is 0.625 bits per heavy atom. The standard InChI is InChI=1S/C10H20O2.7C2H4O2/c1-3-5-6-7-8-9-10(11)12-4-2;7*1-2(3)4/h3-9H2,1-2H3;7*1H3,(H,3,4). The van der Waals surface area contributed by atoms with Crippen LogP contribution in [0, 0.1) is 0 Å². The monoisotopic (exact) mass is 592 g/mol. The third-order valence-corrected chi connectivity index (χ3v) is 1.79. The van der Waals surface area contributed by atoms with Crippen LogP contribution >= 0.6 is 0 Å². The summed E-state index contributed by atoms with van der Waals surface area (Å²) in [6.07, 6.45) is 6.52. The van der Waals surface area contributed by atoms with E-state index >= 15 is 0 Å². The fraction of sp³-hybridized carbons (Fsp3) is 0.667. The van der Waals surface area contributed by atoms with Crippen LogP contribution in [-0.2, 0) is 43.1 Å². The van der Waals surface area contributed by atoms with Gasteiger partial charge in [0.25, 0.3) is 41.8 Å². The van der Waals surface area contributed by atoms with Gasteiger partial charge in [-0.2, -0.15) is 0 Å². The predicted molar refractivity (Wildman–Crippen MR) is 143 cm³/mol. The van der Waals surface area contributed by atoms with E-state index in [9.17, 15) is 4.79 Å². The molecule has 0 spiro atoms. The van der Waals surface area contributed by atoms with Gasteiger partial charge in [0.15, 0.2) is 0 Å². The van der Waals surface area contributed by atoms with Crippen molar-refractivity contribution in [2.75, 3.05) is 6.61 Å². The summed E-state index contributed by atoms with van der Waals surface area (Å²) >= 11 is 0. The van der Waals surface area contributed by atoms with Crippen LogP contribution in [0.2, 0.25) is 0 Å². The first-order chi connectivity index (χ1) is 17.9. The Morgan fingerprint density at radius 3 is 0.800 bits per heavy atom. The van der Waals surface area contributed by atoms with Gasteiger partial charge in [0, 0.05) is 54.9 Å². The van der Waals surface area contributed by atoms with Gasteiger partial charge in [0.05, 0.1) is 6.61 Å². The summed E-state index contributed by atoms with van der Waals surface area (Å²) in [6.45, 7) is 12.1. The molecule has 0 bridgehead atoms. The number of carboxylic acid groups (broad SMARTS) is 7. The van der Waals surface area contributed by atoms with Gasteiger partial charge in [-0.05, 0) is 13.3 Å². The smallest absolute Gasteiger partial charge is 0.305 e. The Balaban J connectivity index is -0.0000000521. The number of carboxylic acids is 7. The van der Waals surface area contributed by atoms with Crippen LogP contribution in [0.25, 0.3) is 0 Å². The van der Waals surface area contributed by atoms with Crippen LogP contribution in [-0.4, -0.2) is 90.1 Å². The third kappa shape index (κ3) is 1090. The minimum absolute atomic E-state index is 0.0472. The molecule has 0 radical (unpaired) electrons. The second-order valence-electron chi connectivity index (χ2n) is 6.60. The summed E-state index contributed by atoms with van der Waals surface area (Å²) in [4.78, 5) is 73.9. The van der Waals surface area contributed by atoms with Gasteiger partial charge < -0.3 is 40.5 Å². The lowest BCUT2D eigenvalue weighted by molar-refractivity contribution is -0.143. The zero-order valence-corrected chi connectivity index (χ0v) is 24.8. The van der Waals surface area contributed by atoms with E-state index in [0.717, 1.165) is 61.3 Å². The predicted octanol–water partition coefficient (Wildman–Crippen LogP) is 3.55. The summed E-state index contributed by atoms with van der Waals surface area (Å²) < 4.78 is 4.81. The molecular weight excluding hydrogens is 544 g/mol. The first-order valence-electron chi connectivity index (χ1n) is 11.5. The molecule has 0 aliphatic carbocycles. The molecule has 0 aliphatic heterocycles. The molecule has 0 unspecified atom stereocenters. The average molecular weight is 593 g/mol. The minimum atomic E-state index is -0.833. The normalized spacial score (nSPS) is 7.33. The lowest BCUT2D eigenvalue weighted by atomic mass is 10.1. The molecule has 7 N–H and O–H groups in total. The van der Waals surface area contributed by atoms with Crippen LogP contribution < -0.4 is 0 Å². The summed E-state index contributed by atoms with van der Waals surface area (Å²) in [7, 11) is 0. The number of carbonyl (C=O) groups is 8. The lowest BCUT2D eigenvalue weighted by Crippen LogP contribution is -2.02. The first-order valence-corrected chi connectivity index (χ1v) is 11.5. The Kier molecular flexibility index (Phi) is 72.1. The number of unbranched alkanes of at least 4 members (excludes halogenated alkanes) is 4. The van der Waals surface area contributed by atoms with Gasteiger partial charge in [-0.15, -0.1) is 0 Å². The molecule has 0 aromatic heterocycles. The molecule has 40 heavy (non-hydrogen) atoms. The molecule has 0 rings (SSSR count). The summed E-state index contributed by atoms with van der Waals surface area (Å²) in [5.41, 5.74) is 0. The Labute approximate surface area is 234 Å². The highest BCUT2D eigenvalue weighted by molar-refractivity contribution is 5.69. The molecule has 16 heteroatoms. The van der Waals surface area contributed by atoms with Crippen molar-refractivity contribution in [1.82, 2.24) is 0 Å². The highest BCUT2D eigenvalue weighted by atomic mass is 16.5. The van der Waals surface area contributed by atoms with Crippen LogP contribution in [0.3, 0.4) is 0 Å². The summed E-state index contributed by atoms with van der Waals surface area (Å²) in [5.74, 6) is -5.88. The summed E-state index contributed by atoms with van der Waals surface area (Å²) in [5, 5.41) is 51.9. The maximum Gasteiger partial charge on any atom is 0.305 e. The highest BCUT2D eigenvalue weighted by Crippen LogP contribution is 2.05. The molecular formula is C24H48O16. The molecule has 0 atom stereocenters. The maximum absolute atomic E-state index is 10.9. The molecule has 240 valence electrons. The topological polar surface area (TPSA) is 287 Å². The molecule has 0 heterocycles. The Bertz CT molecular complexity index is 511. The number of hydrogen-bond donors (Lipinski definition) is 7. The van der Waals surface area contributed by atoms with E-state index < -0.39 is 41.8 Å². The zero-order chi connectivity index (χ0) is 34.3. The lowest BCUT2D eigenvalue weighted by Gasteiger charge is -2.00. The summed E-state index contributed by atoms with van der Waals surface area (Å²) in [6, 6.07) is 0. The molecule has 0 saturated heterocycles. The van der Waals surface area contributed by atoms with E-state index in [1.807, 2.05) is 6.92 Å². The molecule has 0 saturated carbocycles. The highest BCUT2D eigenvalue weighted by Gasteiger charge is 1.99. The van der Waals surface area contributed by atoms with Crippen LogP contribution in [0.5, 0.6) is 0 Å². The van der Waals surface area contributed by atoms with E-state index in [4.69, 9.17) is 74.0 Å². The number of carbonyl (C=O) groups excluding carboxylic acids is 1. The van der Waals surface area contributed by atoms with Crippen molar-refractivity contribution in [3.05, 3.63) is 0 Å². The fourth-order valence-electron chi connectivity index (χ4n) is 1.11.